The van der Waals surface area contributed by atoms with Gasteiger partial charge in [-0.2, -0.15) is 0 Å². The molecule has 0 amide bonds. The molecule has 0 unspecified atom stereocenters. The Bertz CT molecular complexity index is 3490. The Morgan fingerprint density at radius 3 is 1.79 bits per heavy atom. The first kappa shape index (κ1) is 31.6. The van der Waals surface area contributed by atoms with Gasteiger partial charge in [-0.1, -0.05) is 127 Å². The van der Waals surface area contributed by atoms with Crippen LogP contribution in [-0.4, -0.2) is 14.5 Å². The van der Waals surface area contributed by atoms with E-state index in [1.807, 2.05) is 6.07 Å². The summed E-state index contributed by atoms with van der Waals surface area (Å²) in [5, 5.41) is 10.2. The fourth-order valence-electron chi connectivity index (χ4n) is 8.86. The molecule has 0 aliphatic rings. The van der Waals surface area contributed by atoms with Gasteiger partial charge in [-0.25, -0.2) is 9.97 Å². The van der Waals surface area contributed by atoms with Crippen molar-refractivity contribution >= 4 is 93.3 Å². The van der Waals surface area contributed by atoms with E-state index < -0.39 is 0 Å². The summed E-state index contributed by atoms with van der Waals surface area (Å²) in [5.74, 6) is 0.605. The predicted molar refractivity (Wildman–Crippen MR) is 236 cm³/mol. The number of nitrogens with zero attached hydrogens (tertiary/aromatic N) is 4. The molecule has 57 heavy (non-hydrogen) atoms. The van der Waals surface area contributed by atoms with Crippen molar-refractivity contribution in [3.05, 3.63) is 194 Å². The first-order valence-electron chi connectivity index (χ1n) is 19.3. The fraction of sp³-hybridized carbons (Fsp3) is 0. The minimum atomic E-state index is 0.605. The van der Waals surface area contributed by atoms with Gasteiger partial charge in [-0.15, -0.1) is 0 Å². The summed E-state index contributed by atoms with van der Waals surface area (Å²) in [5.41, 5.74) is 9.62. The Balaban J connectivity index is 1.15. The van der Waals surface area contributed by atoms with E-state index in [4.69, 9.17) is 14.4 Å². The smallest absolute Gasteiger partial charge is 0.235 e. The highest BCUT2D eigenvalue weighted by atomic mass is 16.3. The van der Waals surface area contributed by atoms with Gasteiger partial charge in [0.25, 0.3) is 0 Å². The molecule has 0 saturated heterocycles. The van der Waals surface area contributed by atoms with E-state index in [0.29, 0.717) is 5.95 Å². The Labute approximate surface area is 327 Å². The van der Waals surface area contributed by atoms with Crippen molar-refractivity contribution in [2.45, 2.75) is 0 Å². The summed E-state index contributed by atoms with van der Waals surface area (Å²) >= 11 is 0. The second-order valence-corrected chi connectivity index (χ2v) is 14.6. The maximum atomic E-state index is 6.75. The van der Waals surface area contributed by atoms with Gasteiger partial charge in [-0.3, -0.25) is 4.57 Å². The molecule has 3 aromatic heterocycles. The SMILES string of the molecule is c1ccc(N(c2ccccc2)c2ccc3c(c2)c2c4ccccc4ccc2n3-c2nc(-c3cccc4c3oc3ccc5ccccc5c34)c3ccccc3n2)cc1. The molecule has 5 heteroatoms. The number of fused-ring (bicyclic) bond motifs is 11. The normalized spacial score (nSPS) is 11.9. The standard InChI is InChI=1S/C52H32N4O/c1-3-16-35(17-4-1)55(36-18-5-2-6-19-36)37-28-30-45-43(32-37)48-38-20-9-7-14-33(38)26-29-46(48)56(45)52-53-44-25-12-11-22-40(44)50(54-52)42-24-13-23-41-49-39-21-10-8-15-34(39)27-31-47(49)57-51(41)42/h1-32H. The van der Waals surface area contributed by atoms with Crippen LogP contribution in [0.15, 0.2) is 199 Å². The Morgan fingerprint density at radius 1 is 0.421 bits per heavy atom. The maximum absolute atomic E-state index is 6.75. The Morgan fingerprint density at radius 2 is 1.04 bits per heavy atom. The molecule has 12 rings (SSSR count). The van der Waals surface area contributed by atoms with Crippen molar-refractivity contribution < 1.29 is 4.42 Å². The van der Waals surface area contributed by atoms with Gasteiger partial charge >= 0.3 is 0 Å². The van der Waals surface area contributed by atoms with Crippen LogP contribution in [0.2, 0.25) is 0 Å². The first-order chi connectivity index (χ1) is 28.3. The van der Waals surface area contributed by atoms with Crippen LogP contribution < -0.4 is 4.90 Å². The van der Waals surface area contributed by atoms with Gasteiger partial charge in [0.05, 0.1) is 22.2 Å². The third-order valence-corrected chi connectivity index (χ3v) is 11.4. The summed E-state index contributed by atoms with van der Waals surface area (Å²) in [6.07, 6.45) is 0. The average Bonchev–Trinajstić information content (AvgIpc) is 3.83. The number of para-hydroxylation sites is 4. The predicted octanol–water partition coefficient (Wildman–Crippen LogP) is 14.1. The molecule has 266 valence electrons. The van der Waals surface area contributed by atoms with Crippen molar-refractivity contribution in [1.82, 2.24) is 14.5 Å². The molecule has 3 heterocycles. The summed E-state index contributed by atoms with van der Waals surface area (Å²) in [6.45, 7) is 0. The highest BCUT2D eigenvalue weighted by Gasteiger charge is 2.23. The van der Waals surface area contributed by atoms with Gasteiger partial charge in [-0.05, 0) is 88.3 Å². The van der Waals surface area contributed by atoms with Crippen molar-refractivity contribution in [3.63, 3.8) is 0 Å². The maximum Gasteiger partial charge on any atom is 0.235 e. The molecule has 5 nitrogen and oxygen atoms in total. The van der Waals surface area contributed by atoms with Gasteiger partial charge in [0.2, 0.25) is 5.95 Å². The molecule has 9 aromatic carbocycles. The summed E-state index contributed by atoms with van der Waals surface area (Å²) in [4.78, 5) is 13.1. The van der Waals surface area contributed by atoms with Crippen LogP contribution >= 0.6 is 0 Å². The van der Waals surface area contributed by atoms with Crippen molar-refractivity contribution in [3.8, 4) is 17.2 Å². The number of rotatable bonds is 5. The van der Waals surface area contributed by atoms with Crippen LogP contribution in [0.3, 0.4) is 0 Å². The van der Waals surface area contributed by atoms with E-state index in [9.17, 15) is 0 Å². The number of hydrogen-bond acceptors (Lipinski definition) is 4. The van der Waals surface area contributed by atoms with E-state index in [2.05, 4.69) is 198 Å². The highest BCUT2D eigenvalue weighted by molar-refractivity contribution is 6.23. The average molecular weight is 729 g/mol. The summed E-state index contributed by atoms with van der Waals surface area (Å²) in [6, 6.07) is 68.3. The Hall–Kier alpha value is -7.76. The molecule has 0 spiro atoms. The quantitative estimate of drug-likeness (QED) is 0.177. The lowest BCUT2D eigenvalue weighted by Gasteiger charge is -2.25. The molecule has 12 aromatic rings. The molecule has 0 aliphatic carbocycles. The van der Waals surface area contributed by atoms with E-state index >= 15 is 0 Å². The number of benzene rings is 9. The molecule has 0 bridgehead atoms. The van der Waals surface area contributed by atoms with Crippen molar-refractivity contribution in [2.24, 2.45) is 0 Å². The van der Waals surface area contributed by atoms with Crippen molar-refractivity contribution in [2.75, 3.05) is 4.90 Å². The lowest BCUT2D eigenvalue weighted by Crippen LogP contribution is -2.09. The number of aromatic nitrogens is 3. The zero-order chi connectivity index (χ0) is 37.5. The monoisotopic (exact) mass is 728 g/mol. The zero-order valence-corrected chi connectivity index (χ0v) is 30.7. The molecular formula is C52H32N4O. The summed E-state index contributed by atoms with van der Waals surface area (Å²) < 4.78 is 8.99. The van der Waals surface area contributed by atoms with Crippen molar-refractivity contribution in [1.29, 1.82) is 0 Å². The van der Waals surface area contributed by atoms with Crippen LogP contribution in [0.4, 0.5) is 17.1 Å². The third kappa shape index (κ3) is 4.82. The molecule has 0 fully saturated rings. The molecule has 0 radical (unpaired) electrons. The lowest BCUT2D eigenvalue weighted by atomic mass is 10.0. The summed E-state index contributed by atoms with van der Waals surface area (Å²) in [7, 11) is 0. The van der Waals surface area contributed by atoms with Crippen LogP contribution in [0.5, 0.6) is 0 Å². The zero-order valence-electron chi connectivity index (χ0n) is 30.7. The molecule has 0 saturated carbocycles. The molecule has 0 atom stereocenters. The van der Waals surface area contributed by atoms with E-state index in [1.165, 1.54) is 21.5 Å². The second kappa shape index (κ2) is 12.4. The minimum Gasteiger partial charge on any atom is -0.455 e. The lowest BCUT2D eigenvalue weighted by molar-refractivity contribution is 0.670. The second-order valence-electron chi connectivity index (χ2n) is 14.6. The fourth-order valence-corrected chi connectivity index (χ4v) is 8.86. The number of anilines is 3. The van der Waals surface area contributed by atoms with Gasteiger partial charge in [0.1, 0.15) is 11.2 Å². The largest absolute Gasteiger partial charge is 0.455 e. The van der Waals surface area contributed by atoms with E-state index in [0.717, 1.165) is 83.0 Å². The Kier molecular flexibility index (Phi) is 6.86. The van der Waals surface area contributed by atoms with Gasteiger partial charge in [0, 0.05) is 49.6 Å². The minimum absolute atomic E-state index is 0.605. The van der Waals surface area contributed by atoms with Crippen LogP contribution in [0.1, 0.15) is 0 Å². The highest BCUT2D eigenvalue weighted by Crippen LogP contribution is 2.43. The number of furan rings is 1. The van der Waals surface area contributed by atoms with E-state index in [1.54, 1.807) is 0 Å². The molecular weight excluding hydrogens is 697 g/mol. The molecule has 0 aliphatic heterocycles. The molecule has 0 N–H and O–H groups in total. The van der Waals surface area contributed by atoms with Crippen LogP contribution in [0.25, 0.3) is 93.4 Å². The van der Waals surface area contributed by atoms with Gasteiger partial charge in [0.15, 0.2) is 0 Å². The van der Waals surface area contributed by atoms with Crippen LogP contribution in [0, 0.1) is 0 Å². The van der Waals surface area contributed by atoms with Gasteiger partial charge < -0.3 is 9.32 Å². The topological polar surface area (TPSA) is 47.1 Å². The third-order valence-electron chi connectivity index (χ3n) is 11.4. The van der Waals surface area contributed by atoms with E-state index in [-0.39, 0.29) is 0 Å². The first-order valence-corrected chi connectivity index (χ1v) is 19.3. The van der Waals surface area contributed by atoms with Crippen LogP contribution in [-0.2, 0) is 0 Å². The number of hydrogen-bond donors (Lipinski definition) is 0.